The van der Waals surface area contributed by atoms with Gasteiger partial charge in [-0.25, -0.2) is 0 Å². The third-order valence-corrected chi connectivity index (χ3v) is 4.99. The molecule has 0 N–H and O–H groups in total. The van der Waals surface area contributed by atoms with Crippen molar-refractivity contribution < 1.29 is 4.74 Å². The molecule has 25 heavy (non-hydrogen) atoms. The molecule has 0 radical (unpaired) electrons. The van der Waals surface area contributed by atoms with Gasteiger partial charge >= 0.3 is 0 Å². The Morgan fingerprint density at radius 2 is 1.72 bits per heavy atom. The summed E-state index contributed by atoms with van der Waals surface area (Å²) in [5.74, 6) is 0.905. The third kappa shape index (κ3) is 6.03. The summed E-state index contributed by atoms with van der Waals surface area (Å²) in [6.45, 7) is 6.53. The highest BCUT2D eigenvalue weighted by Crippen LogP contribution is 2.17. The number of piperazine rings is 1. The number of benzene rings is 2. The highest BCUT2D eigenvalue weighted by molar-refractivity contribution is 6.30. The fourth-order valence-electron chi connectivity index (χ4n) is 3.12. The van der Waals surface area contributed by atoms with E-state index in [9.17, 15) is 0 Å². The monoisotopic (exact) mass is 358 g/mol. The summed E-state index contributed by atoms with van der Waals surface area (Å²) in [4.78, 5) is 4.97. The Hall–Kier alpha value is -1.55. The molecule has 1 heterocycles. The van der Waals surface area contributed by atoms with E-state index in [1.54, 1.807) is 0 Å². The number of halogens is 1. The first-order valence-electron chi connectivity index (χ1n) is 9.06. The van der Waals surface area contributed by atoms with Gasteiger partial charge in [0.15, 0.2) is 0 Å². The van der Waals surface area contributed by atoms with Crippen LogP contribution in [0.3, 0.4) is 0 Å². The molecule has 0 saturated carbocycles. The van der Waals surface area contributed by atoms with Gasteiger partial charge in [-0.1, -0.05) is 35.9 Å². The molecule has 0 amide bonds. The van der Waals surface area contributed by atoms with E-state index in [-0.39, 0.29) is 0 Å². The molecular weight excluding hydrogens is 332 g/mol. The van der Waals surface area contributed by atoms with Crippen molar-refractivity contribution in [2.75, 3.05) is 39.8 Å². The van der Waals surface area contributed by atoms with Gasteiger partial charge in [-0.2, -0.15) is 0 Å². The Bertz CT molecular complexity index is 651. The maximum atomic E-state index is 6.00. The second-order valence-electron chi connectivity index (χ2n) is 6.81. The van der Waals surface area contributed by atoms with Crippen molar-refractivity contribution in [3.8, 4) is 5.75 Å². The number of likely N-dealkylation sites (N-methyl/N-ethyl adjacent to an activating group) is 1. The Morgan fingerprint density at radius 3 is 2.44 bits per heavy atom. The molecule has 2 aromatic carbocycles. The summed E-state index contributed by atoms with van der Waals surface area (Å²) in [7, 11) is 2.20. The molecule has 1 aliphatic rings. The van der Waals surface area contributed by atoms with Gasteiger partial charge in [0.25, 0.3) is 0 Å². The zero-order valence-corrected chi connectivity index (χ0v) is 15.7. The maximum Gasteiger partial charge on any atom is 0.119 e. The van der Waals surface area contributed by atoms with E-state index in [0.717, 1.165) is 22.8 Å². The van der Waals surface area contributed by atoms with Crippen molar-refractivity contribution in [3.63, 3.8) is 0 Å². The molecule has 0 aliphatic carbocycles. The van der Waals surface area contributed by atoms with Crippen molar-refractivity contribution >= 4 is 11.6 Å². The lowest BCUT2D eigenvalue weighted by molar-refractivity contribution is 0.153. The summed E-state index contributed by atoms with van der Waals surface area (Å²) in [5.41, 5.74) is 2.47. The highest BCUT2D eigenvalue weighted by Gasteiger charge is 2.12. The zero-order valence-electron chi connectivity index (χ0n) is 15.0. The molecule has 1 aliphatic heterocycles. The van der Waals surface area contributed by atoms with Crippen LogP contribution in [0.25, 0.3) is 0 Å². The zero-order chi connectivity index (χ0) is 17.5. The van der Waals surface area contributed by atoms with Crippen LogP contribution in [0.15, 0.2) is 48.5 Å². The first kappa shape index (κ1) is 18.2. The predicted molar refractivity (Wildman–Crippen MR) is 104 cm³/mol. The molecular formula is C21H27ClN2O. The third-order valence-electron chi connectivity index (χ3n) is 4.75. The van der Waals surface area contributed by atoms with Crippen molar-refractivity contribution in [2.24, 2.45) is 0 Å². The maximum absolute atomic E-state index is 6.00. The van der Waals surface area contributed by atoms with Crippen LogP contribution in [0.1, 0.15) is 17.5 Å². The van der Waals surface area contributed by atoms with E-state index in [0.29, 0.717) is 6.61 Å². The van der Waals surface area contributed by atoms with Crippen molar-refractivity contribution in [1.29, 1.82) is 0 Å². The van der Waals surface area contributed by atoms with E-state index in [1.165, 1.54) is 44.7 Å². The van der Waals surface area contributed by atoms with Gasteiger partial charge in [0, 0.05) is 31.2 Å². The van der Waals surface area contributed by atoms with Crippen molar-refractivity contribution in [1.82, 2.24) is 9.80 Å². The van der Waals surface area contributed by atoms with E-state index in [1.807, 2.05) is 24.3 Å². The number of nitrogens with zero attached hydrogens (tertiary/aromatic N) is 2. The lowest BCUT2D eigenvalue weighted by atomic mass is 10.1. The SMILES string of the molecule is CN1CCN(CCCc2ccc(OCc3cccc(Cl)c3)cc2)CC1. The minimum Gasteiger partial charge on any atom is -0.489 e. The Morgan fingerprint density at radius 1 is 0.960 bits per heavy atom. The van der Waals surface area contributed by atoms with Gasteiger partial charge in [-0.15, -0.1) is 0 Å². The Balaban J connectivity index is 1.39. The number of rotatable bonds is 7. The lowest BCUT2D eigenvalue weighted by Gasteiger charge is -2.32. The largest absolute Gasteiger partial charge is 0.489 e. The number of hydrogen-bond acceptors (Lipinski definition) is 3. The summed E-state index contributed by atoms with van der Waals surface area (Å²) in [6, 6.07) is 16.3. The number of hydrogen-bond donors (Lipinski definition) is 0. The van der Waals surface area contributed by atoms with E-state index < -0.39 is 0 Å². The van der Waals surface area contributed by atoms with E-state index in [4.69, 9.17) is 16.3 Å². The lowest BCUT2D eigenvalue weighted by Crippen LogP contribution is -2.44. The van der Waals surface area contributed by atoms with Crippen LogP contribution >= 0.6 is 11.6 Å². The van der Waals surface area contributed by atoms with Gasteiger partial charge in [0.2, 0.25) is 0 Å². The minimum atomic E-state index is 0.545. The molecule has 0 spiro atoms. The second kappa shape index (κ2) is 9.23. The van der Waals surface area contributed by atoms with Crippen LogP contribution in [0.4, 0.5) is 0 Å². The van der Waals surface area contributed by atoms with Crippen LogP contribution in [0.2, 0.25) is 5.02 Å². The fraction of sp³-hybridized carbons (Fsp3) is 0.429. The highest BCUT2D eigenvalue weighted by atomic mass is 35.5. The summed E-state index contributed by atoms with van der Waals surface area (Å²) in [5, 5.41) is 0.747. The van der Waals surface area contributed by atoms with Gasteiger partial charge in [0.05, 0.1) is 0 Å². The summed E-state index contributed by atoms with van der Waals surface area (Å²) < 4.78 is 5.84. The molecule has 3 rings (SSSR count). The molecule has 0 atom stereocenters. The van der Waals surface area contributed by atoms with Gasteiger partial charge in [-0.3, -0.25) is 0 Å². The molecule has 1 fully saturated rings. The van der Waals surface area contributed by atoms with Crippen LogP contribution in [0, 0.1) is 0 Å². The number of aryl methyl sites for hydroxylation is 1. The van der Waals surface area contributed by atoms with Crippen LogP contribution in [-0.2, 0) is 13.0 Å². The normalized spacial score (nSPS) is 16.1. The average Bonchev–Trinajstić information content (AvgIpc) is 2.63. The van der Waals surface area contributed by atoms with Crippen LogP contribution < -0.4 is 4.74 Å². The second-order valence-corrected chi connectivity index (χ2v) is 7.25. The van der Waals surface area contributed by atoms with E-state index >= 15 is 0 Å². The Kier molecular flexibility index (Phi) is 6.74. The molecule has 0 bridgehead atoms. The topological polar surface area (TPSA) is 15.7 Å². The molecule has 0 unspecified atom stereocenters. The van der Waals surface area contributed by atoms with Crippen LogP contribution in [-0.4, -0.2) is 49.6 Å². The smallest absolute Gasteiger partial charge is 0.119 e. The minimum absolute atomic E-state index is 0.545. The first-order chi connectivity index (χ1) is 12.2. The molecule has 1 saturated heterocycles. The molecule has 2 aromatic rings. The predicted octanol–water partition coefficient (Wildman–Crippen LogP) is 4.10. The fourth-order valence-corrected chi connectivity index (χ4v) is 3.34. The molecule has 3 nitrogen and oxygen atoms in total. The summed E-state index contributed by atoms with van der Waals surface area (Å²) >= 11 is 6.00. The van der Waals surface area contributed by atoms with Crippen molar-refractivity contribution in [2.45, 2.75) is 19.4 Å². The quantitative estimate of drug-likeness (QED) is 0.741. The molecule has 134 valence electrons. The number of ether oxygens (including phenoxy) is 1. The van der Waals surface area contributed by atoms with E-state index in [2.05, 4.69) is 41.1 Å². The van der Waals surface area contributed by atoms with Crippen molar-refractivity contribution in [3.05, 3.63) is 64.7 Å². The molecule has 4 heteroatoms. The molecule has 0 aromatic heterocycles. The Labute approximate surface area is 156 Å². The van der Waals surface area contributed by atoms with Gasteiger partial charge < -0.3 is 14.5 Å². The first-order valence-corrected chi connectivity index (χ1v) is 9.44. The standard InChI is InChI=1S/C21H27ClN2O/c1-23-12-14-24(15-13-23)11-3-5-18-7-9-21(10-8-18)25-17-19-4-2-6-20(22)16-19/h2,4,6-10,16H,3,5,11-15,17H2,1H3. The summed E-state index contributed by atoms with van der Waals surface area (Å²) in [6.07, 6.45) is 2.34. The van der Waals surface area contributed by atoms with Gasteiger partial charge in [0.1, 0.15) is 12.4 Å². The average molecular weight is 359 g/mol. The van der Waals surface area contributed by atoms with Crippen LogP contribution in [0.5, 0.6) is 5.75 Å². The van der Waals surface area contributed by atoms with Gasteiger partial charge in [-0.05, 0) is 61.8 Å².